The summed E-state index contributed by atoms with van der Waals surface area (Å²) in [6, 6.07) is 13.6. The van der Waals surface area contributed by atoms with Crippen molar-refractivity contribution < 1.29 is 14.3 Å². The Bertz CT molecular complexity index is 723. The highest BCUT2D eigenvalue weighted by Crippen LogP contribution is 2.28. The van der Waals surface area contributed by atoms with Gasteiger partial charge in [-0.15, -0.1) is 0 Å². The Labute approximate surface area is 143 Å². The molecule has 1 amide bonds. The normalized spacial score (nSPS) is 10.6. The second kappa shape index (κ2) is 8.77. The highest BCUT2D eigenvalue weighted by Gasteiger charge is 2.04. The summed E-state index contributed by atoms with van der Waals surface area (Å²) in [4.78, 5) is 12.0. The van der Waals surface area contributed by atoms with Crippen LogP contribution in [0, 0.1) is 6.92 Å². The molecule has 0 spiro atoms. The summed E-state index contributed by atoms with van der Waals surface area (Å²) in [7, 11) is 1.60. The molecule has 2 aromatic rings. The fraction of sp³-hybridized carbons (Fsp3) is 0.250. The third-order valence-corrected chi connectivity index (χ3v) is 3.63. The van der Waals surface area contributed by atoms with Crippen LogP contribution in [0.2, 0.25) is 0 Å². The molecule has 0 saturated heterocycles. The van der Waals surface area contributed by atoms with Gasteiger partial charge in [0.05, 0.1) is 13.7 Å². The summed E-state index contributed by atoms with van der Waals surface area (Å²) >= 11 is 0. The molecule has 0 unspecified atom stereocenters. The van der Waals surface area contributed by atoms with Crippen LogP contribution in [0.3, 0.4) is 0 Å². The van der Waals surface area contributed by atoms with Gasteiger partial charge >= 0.3 is 0 Å². The van der Waals surface area contributed by atoms with E-state index in [-0.39, 0.29) is 5.91 Å². The molecule has 0 fully saturated rings. The number of methoxy groups -OCH3 is 1. The van der Waals surface area contributed by atoms with Crippen LogP contribution in [0.4, 0.5) is 0 Å². The third kappa shape index (κ3) is 4.88. The van der Waals surface area contributed by atoms with E-state index in [2.05, 4.69) is 5.32 Å². The predicted molar refractivity (Wildman–Crippen MR) is 96.2 cm³/mol. The van der Waals surface area contributed by atoms with Crippen molar-refractivity contribution in [3.8, 4) is 11.5 Å². The second-order valence-corrected chi connectivity index (χ2v) is 5.32. The molecule has 0 aliphatic carbocycles. The molecule has 0 bridgehead atoms. The first-order chi connectivity index (χ1) is 11.6. The first-order valence-corrected chi connectivity index (χ1v) is 7.95. The Morgan fingerprint density at radius 1 is 1.17 bits per heavy atom. The van der Waals surface area contributed by atoms with Crippen molar-refractivity contribution in [2.75, 3.05) is 13.7 Å². The SMILES string of the molecule is CCOc1cc(/C=C/C(=O)NCc2ccccc2C)ccc1OC. The number of carbonyl (C=O) groups is 1. The fourth-order valence-electron chi connectivity index (χ4n) is 2.29. The van der Waals surface area contributed by atoms with Crippen molar-refractivity contribution in [3.05, 3.63) is 65.2 Å². The standard InChI is InChI=1S/C20H23NO3/c1-4-24-19-13-16(9-11-18(19)23-3)10-12-20(22)21-14-17-8-6-5-7-15(17)2/h5-13H,4,14H2,1-3H3,(H,21,22)/b12-10+. The molecule has 4 heteroatoms. The minimum atomic E-state index is -0.132. The molecule has 126 valence electrons. The van der Waals surface area contributed by atoms with Crippen molar-refractivity contribution in [3.63, 3.8) is 0 Å². The summed E-state index contributed by atoms with van der Waals surface area (Å²) < 4.78 is 10.8. The van der Waals surface area contributed by atoms with E-state index in [9.17, 15) is 4.79 Å². The van der Waals surface area contributed by atoms with Crippen molar-refractivity contribution in [1.29, 1.82) is 0 Å². The Hall–Kier alpha value is -2.75. The molecule has 0 atom stereocenters. The number of hydrogen-bond donors (Lipinski definition) is 1. The van der Waals surface area contributed by atoms with Gasteiger partial charge < -0.3 is 14.8 Å². The van der Waals surface area contributed by atoms with E-state index < -0.39 is 0 Å². The zero-order valence-electron chi connectivity index (χ0n) is 14.3. The quantitative estimate of drug-likeness (QED) is 0.789. The van der Waals surface area contributed by atoms with Crippen LogP contribution in [0.25, 0.3) is 6.08 Å². The van der Waals surface area contributed by atoms with Crippen molar-refractivity contribution >= 4 is 12.0 Å². The zero-order chi connectivity index (χ0) is 17.4. The lowest BCUT2D eigenvalue weighted by Gasteiger charge is -2.09. The Kier molecular flexibility index (Phi) is 6.43. The minimum Gasteiger partial charge on any atom is -0.493 e. The second-order valence-electron chi connectivity index (χ2n) is 5.32. The lowest BCUT2D eigenvalue weighted by atomic mass is 10.1. The van der Waals surface area contributed by atoms with Crippen molar-refractivity contribution in [1.82, 2.24) is 5.32 Å². The Morgan fingerprint density at radius 2 is 1.96 bits per heavy atom. The number of rotatable bonds is 7. The predicted octanol–water partition coefficient (Wildman–Crippen LogP) is 3.73. The Balaban J connectivity index is 1.98. The molecule has 0 heterocycles. The number of nitrogens with one attached hydrogen (secondary N) is 1. The van der Waals surface area contributed by atoms with E-state index in [0.717, 1.165) is 11.1 Å². The monoisotopic (exact) mass is 325 g/mol. The lowest BCUT2D eigenvalue weighted by Crippen LogP contribution is -2.20. The topological polar surface area (TPSA) is 47.6 Å². The molecular formula is C20H23NO3. The molecule has 0 radical (unpaired) electrons. The average Bonchev–Trinajstić information content (AvgIpc) is 2.60. The maximum Gasteiger partial charge on any atom is 0.244 e. The number of benzene rings is 2. The van der Waals surface area contributed by atoms with Crippen LogP contribution in [-0.4, -0.2) is 19.6 Å². The molecule has 0 aliphatic rings. The van der Waals surface area contributed by atoms with Crippen LogP contribution in [0.15, 0.2) is 48.5 Å². The van der Waals surface area contributed by atoms with Gasteiger partial charge in [-0.05, 0) is 48.7 Å². The number of amides is 1. The molecule has 24 heavy (non-hydrogen) atoms. The summed E-state index contributed by atoms with van der Waals surface area (Å²) in [5.74, 6) is 1.22. The van der Waals surface area contributed by atoms with E-state index in [4.69, 9.17) is 9.47 Å². The largest absolute Gasteiger partial charge is 0.493 e. The average molecular weight is 325 g/mol. The van der Waals surface area contributed by atoms with Gasteiger partial charge in [-0.1, -0.05) is 30.3 Å². The van der Waals surface area contributed by atoms with Gasteiger partial charge in [0.25, 0.3) is 0 Å². The van der Waals surface area contributed by atoms with Crippen LogP contribution < -0.4 is 14.8 Å². The number of carbonyl (C=O) groups excluding carboxylic acids is 1. The molecule has 1 N–H and O–H groups in total. The molecular weight excluding hydrogens is 302 g/mol. The van der Waals surface area contributed by atoms with E-state index in [1.807, 2.05) is 56.3 Å². The summed E-state index contributed by atoms with van der Waals surface area (Å²) in [5.41, 5.74) is 3.16. The smallest absolute Gasteiger partial charge is 0.244 e. The van der Waals surface area contributed by atoms with Gasteiger partial charge in [0.2, 0.25) is 5.91 Å². The number of aryl methyl sites for hydroxylation is 1. The van der Waals surface area contributed by atoms with E-state index in [1.54, 1.807) is 13.2 Å². The summed E-state index contributed by atoms with van der Waals surface area (Å²) in [5, 5.41) is 2.89. The zero-order valence-corrected chi connectivity index (χ0v) is 14.3. The first kappa shape index (κ1) is 17.6. The highest BCUT2D eigenvalue weighted by molar-refractivity contribution is 5.91. The minimum absolute atomic E-state index is 0.132. The van der Waals surface area contributed by atoms with Gasteiger partial charge in [0.1, 0.15) is 0 Å². The molecule has 4 nitrogen and oxygen atoms in total. The molecule has 2 aromatic carbocycles. The molecule has 2 rings (SSSR count). The van der Waals surface area contributed by atoms with Crippen LogP contribution in [-0.2, 0) is 11.3 Å². The number of ether oxygens (including phenoxy) is 2. The maximum absolute atomic E-state index is 12.0. The fourth-order valence-corrected chi connectivity index (χ4v) is 2.29. The number of hydrogen-bond acceptors (Lipinski definition) is 3. The molecule has 0 aromatic heterocycles. The lowest BCUT2D eigenvalue weighted by molar-refractivity contribution is -0.116. The van der Waals surface area contributed by atoms with Gasteiger partial charge in [0.15, 0.2) is 11.5 Å². The van der Waals surface area contributed by atoms with Gasteiger partial charge in [0, 0.05) is 12.6 Å². The van der Waals surface area contributed by atoms with E-state index in [1.165, 1.54) is 11.6 Å². The molecule has 0 aliphatic heterocycles. The van der Waals surface area contributed by atoms with Gasteiger partial charge in [-0.25, -0.2) is 0 Å². The maximum atomic E-state index is 12.0. The Morgan fingerprint density at radius 3 is 2.67 bits per heavy atom. The van der Waals surface area contributed by atoms with E-state index in [0.29, 0.717) is 24.7 Å². The van der Waals surface area contributed by atoms with Crippen LogP contribution >= 0.6 is 0 Å². The van der Waals surface area contributed by atoms with Crippen molar-refractivity contribution in [2.24, 2.45) is 0 Å². The van der Waals surface area contributed by atoms with Crippen molar-refractivity contribution in [2.45, 2.75) is 20.4 Å². The molecule has 0 saturated carbocycles. The van der Waals surface area contributed by atoms with Crippen LogP contribution in [0.1, 0.15) is 23.6 Å². The highest BCUT2D eigenvalue weighted by atomic mass is 16.5. The van der Waals surface area contributed by atoms with Gasteiger partial charge in [-0.2, -0.15) is 0 Å². The third-order valence-electron chi connectivity index (χ3n) is 3.63. The first-order valence-electron chi connectivity index (χ1n) is 7.95. The summed E-state index contributed by atoms with van der Waals surface area (Å²) in [6.07, 6.45) is 3.28. The van der Waals surface area contributed by atoms with Gasteiger partial charge in [-0.3, -0.25) is 4.79 Å². The van der Waals surface area contributed by atoms with E-state index >= 15 is 0 Å². The summed E-state index contributed by atoms with van der Waals surface area (Å²) in [6.45, 7) is 5.02. The van der Waals surface area contributed by atoms with Crippen LogP contribution in [0.5, 0.6) is 11.5 Å².